The SMILES string of the molecule is CCOc1cc(C)ccc1NC(=O)NCC(C)(C)CC(C)O. The molecule has 1 aromatic carbocycles. The van der Waals surface area contributed by atoms with E-state index in [1.807, 2.05) is 45.9 Å². The number of nitrogens with one attached hydrogen (secondary N) is 2. The second-order valence-electron chi connectivity index (χ2n) is 6.46. The van der Waals surface area contributed by atoms with Crippen LogP contribution in [0.3, 0.4) is 0 Å². The molecular weight excluding hydrogens is 280 g/mol. The number of aryl methyl sites for hydroxylation is 1. The number of benzene rings is 1. The number of anilines is 1. The number of urea groups is 1. The van der Waals surface area contributed by atoms with E-state index in [0.29, 0.717) is 31.0 Å². The zero-order chi connectivity index (χ0) is 16.8. The number of amides is 2. The van der Waals surface area contributed by atoms with Crippen molar-refractivity contribution in [2.75, 3.05) is 18.5 Å². The Morgan fingerprint density at radius 2 is 2.09 bits per heavy atom. The monoisotopic (exact) mass is 308 g/mol. The fraction of sp³-hybridized carbons (Fsp3) is 0.588. The lowest BCUT2D eigenvalue weighted by atomic mass is 9.87. The first-order chi connectivity index (χ1) is 10.2. The van der Waals surface area contributed by atoms with E-state index in [4.69, 9.17) is 4.74 Å². The van der Waals surface area contributed by atoms with Gasteiger partial charge in [-0.25, -0.2) is 4.79 Å². The van der Waals surface area contributed by atoms with Crippen molar-refractivity contribution in [1.29, 1.82) is 0 Å². The summed E-state index contributed by atoms with van der Waals surface area (Å²) in [5.74, 6) is 0.667. The largest absolute Gasteiger partial charge is 0.492 e. The van der Waals surface area contributed by atoms with Gasteiger partial charge < -0.3 is 20.5 Å². The van der Waals surface area contributed by atoms with Crippen LogP contribution in [0, 0.1) is 12.3 Å². The molecule has 5 heteroatoms. The first kappa shape index (κ1) is 18.3. The molecule has 0 aliphatic carbocycles. The number of aliphatic hydroxyl groups excluding tert-OH is 1. The smallest absolute Gasteiger partial charge is 0.319 e. The quantitative estimate of drug-likeness (QED) is 0.723. The molecule has 0 heterocycles. The predicted octanol–water partition coefficient (Wildman–Crippen LogP) is 3.31. The minimum Gasteiger partial charge on any atom is -0.492 e. The van der Waals surface area contributed by atoms with Crippen LogP contribution in [0.15, 0.2) is 18.2 Å². The molecule has 0 fully saturated rings. The van der Waals surface area contributed by atoms with Gasteiger partial charge in [0.1, 0.15) is 5.75 Å². The van der Waals surface area contributed by atoms with Gasteiger partial charge in [-0.05, 0) is 50.3 Å². The first-order valence-electron chi connectivity index (χ1n) is 7.70. The fourth-order valence-electron chi connectivity index (χ4n) is 2.37. The lowest BCUT2D eigenvalue weighted by Gasteiger charge is -2.26. The molecule has 1 rings (SSSR count). The molecule has 0 saturated carbocycles. The molecule has 0 aliphatic heterocycles. The van der Waals surface area contributed by atoms with E-state index in [2.05, 4.69) is 10.6 Å². The van der Waals surface area contributed by atoms with Gasteiger partial charge in [-0.15, -0.1) is 0 Å². The number of carbonyl (C=O) groups is 1. The first-order valence-corrected chi connectivity index (χ1v) is 7.70. The molecule has 0 aliphatic rings. The average Bonchev–Trinajstić information content (AvgIpc) is 2.39. The van der Waals surface area contributed by atoms with E-state index in [1.165, 1.54) is 0 Å². The average molecular weight is 308 g/mol. The van der Waals surface area contributed by atoms with Gasteiger partial charge in [0.25, 0.3) is 0 Å². The number of hydrogen-bond acceptors (Lipinski definition) is 3. The molecule has 124 valence electrons. The van der Waals surface area contributed by atoms with Crippen LogP contribution in [-0.4, -0.2) is 30.4 Å². The van der Waals surface area contributed by atoms with Crippen molar-refractivity contribution in [3.8, 4) is 5.75 Å². The number of ether oxygens (including phenoxy) is 1. The van der Waals surface area contributed by atoms with Gasteiger partial charge in [0, 0.05) is 6.54 Å². The molecule has 22 heavy (non-hydrogen) atoms. The molecule has 2 amide bonds. The molecule has 0 spiro atoms. The van der Waals surface area contributed by atoms with Crippen LogP contribution in [-0.2, 0) is 0 Å². The Bertz CT molecular complexity index is 499. The molecule has 0 aromatic heterocycles. The van der Waals surface area contributed by atoms with Gasteiger partial charge in [-0.2, -0.15) is 0 Å². The highest BCUT2D eigenvalue weighted by Crippen LogP contribution is 2.26. The van der Waals surface area contributed by atoms with E-state index >= 15 is 0 Å². The highest BCUT2D eigenvalue weighted by atomic mass is 16.5. The Balaban J connectivity index is 2.62. The van der Waals surface area contributed by atoms with Crippen LogP contribution in [0.2, 0.25) is 0 Å². The number of aliphatic hydroxyl groups is 1. The minimum absolute atomic E-state index is 0.165. The molecule has 0 bridgehead atoms. The highest BCUT2D eigenvalue weighted by molar-refractivity contribution is 5.91. The van der Waals surface area contributed by atoms with Crippen LogP contribution in [0.5, 0.6) is 5.75 Å². The second-order valence-corrected chi connectivity index (χ2v) is 6.46. The van der Waals surface area contributed by atoms with Gasteiger partial charge in [-0.3, -0.25) is 0 Å². The summed E-state index contributed by atoms with van der Waals surface area (Å²) >= 11 is 0. The Kier molecular flexibility index (Phi) is 6.68. The van der Waals surface area contributed by atoms with Crippen LogP contribution in [0.4, 0.5) is 10.5 Å². The molecule has 1 aromatic rings. The van der Waals surface area contributed by atoms with E-state index < -0.39 is 0 Å². The molecule has 0 radical (unpaired) electrons. The van der Waals surface area contributed by atoms with Crippen LogP contribution in [0.1, 0.15) is 39.7 Å². The van der Waals surface area contributed by atoms with Gasteiger partial charge in [0.15, 0.2) is 0 Å². The highest BCUT2D eigenvalue weighted by Gasteiger charge is 2.21. The van der Waals surface area contributed by atoms with Crippen LogP contribution < -0.4 is 15.4 Å². The summed E-state index contributed by atoms with van der Waals surface area (Å²) in [5.41, 5.74) is 1.56. The van der Waals surface area contributed by atoms with Crippen molar-refractivity contribution < 1.29 is 14.6 Å². The predicted molar refractivity (Wildman–Crippen MR) is 89.4 cm³/mol. The topological polar surface area (TPSA) is 70.6 Å². The van der Waals surface area contributed by atoms with Crippen molar-refractivity contribution in [1.82, 2.24) is 5.32 Å². The lowest BCUT2D eigenvalue weighted by molar-refractivity contribution is 0.129. The Morgan fingerprint density at radius 1 is 1.41 bits per heavy atom. The van der Waals surface area contributed by atoms with E-state index in [9.17, 15) is 9.90 Å². The van der Waals surface area contributed by atoms with Crippen molar-refractivity contribution >= 4 is 11.7 Å². The molecule has 1 atom stereocenters. The van der Waals surface area contributed by atoms with Gasteiger partial charge >= 0.3 is 6.03 Å². The Hall–Kier alpha value is -1.75. The second kappa shape index (κ2) is 8.03. The standard InChI is InChI=1S/C17H28N2O3/c1-6-22-15-9-12(2)7-8-14(15)19-16(21)18-11-17(4,5)10-13(3)20/h7-9,13,20H,6,10-11H2,1-5H3,(H2,18,19,21). The molecular formula is C17H28N2O3. The summed E-state index contributed by atoms with van der Waals surface area (Å²) in [4.78, 5) is 12.0. The van der Waals surface area contributed by atoms with E-state index in [0.717, 1.165) is 5.56 Å². The zero-order valence-corrected chi connectivity index (χ0v) is 14.2. The Morgan fingerprint density at radius 3 is 2.68 bits per heavy atom. The van der Waals surface area contributed by atoms with Crippen molar-refractivity contribution in [2.45, 2.75) is 47.1 Å². The van der Waals surface area contributed by atoms with Crippen molar-refractivity contribution in [3.05, 3.63) is 23.8 Å². The molecule has 5 nitrogen and oxygen atoms in total. The van der Waals surface area contributed by atoms with Gasteiger partial charge in [0.2, 0.25) is 0 Å². The lowest BCUT2D eigenvalue weighted by Crippen LogP contribution is -2.38. The summed E-state index contributed by atoms with van der Waals surface area (Å²) < 4.78 is 5.54. The third-order valence-corrected chi connectivity index (χ3v) is 3.26. The summed E-state index contributed by atoms with van der Waals surface area (Å²) in [6, 6.07) is 5.39. The number of carbonyl (C=O) groups excluding carboxylic acids is 1. The summed E-state index contributed by atoms with van der Waals surface area (Å²) in [6.45, 7) is 10.7. The molecule has 3 N–H and O–H groups in total. The normalized spacial score (nSPS) is 12.6. The third kappa shape index (κ3) is 6.35. The van der Waals surface area contributed by atoms with E-state index in [-0.39, 0.29) is 17.6 Å². The number of rotatable bonds is 7. The van der Waals surface area contributed by atoms with Gasteiger partial charge in [-0.1, -0.05) is 19.9 Å². The Labute approximate surface area is 133 Å². The van der Waals surface area contributed by atoms with Crippen molar-refractivity contribution in [3.63, 3.8) is 0 Å². The maximum absolute atomic E-state index is 12.0. The van der Waals surface area contributed by atoms with Gasteiger partial charge in [0.05, 0.1) is 18.4 Å². The summed E-state index contributed by atoms with van der Waals surface area (Å²) in [6.07, 6.45) is 0.240. The van der Waals surface area contributed by atoms with Crippen molar-refractivity contribution in [2.24, 2.45) is 5.41 Å². The fourth-order valence-corrected chi connectivity index (χ4v) is 2.37. The maximum atomic E-state index is 12.0. The summed E-state index contributed by atoms with van der Waals surface area (Å²) in [5, 5.41) is 15.1. The molecule has 1 unspecified atom stereocenters. The maximum Gasteiger partial charge on any atom is 0.319 e. The zero-order valence-electron chi connectivity index (χ0n) is 14.2. The van der Waals surface area contributed by atoms with Crippen LogP contribution >= 0.6 is 0 Å². The summed E-state index contributed by atoms with van der Waals surface area (Å²) in [7, 11) is 0. The number of hydrogen-bond donors (Lipinski definition) is 3. The molecule has 0 saturated heterocycles. The minimum atomic E-state index is -0.387. The van der Waals surface area contributed by atoms with Crippen LogP contribution in [0.25, 0.3) is 0 Å². The van der Waals surface area contributed by atoms with E-state index in [1.54, 1.807) is 6.92 Å². The third-order valence-electron chi connectivity index (χ3n) is 3.26.